The maximum absolute atomic E-state index is 12.0. The molecule has 1 heterocycles. The van der Waals surface area contributed by atoms with Gasteiger partial charge in [-0.1, -0.05) is 41.4 Å². The molecule has 0 amide bonds. The van der Waals surface area contributed by atoms with Crippen LogP contribution in [0.3, 0.4) is 0 Å². The summed E-state index contributed by atoms with van der Waals surface area (Å²) in [6.07, 6.45) is 1.16. The van der Waals surface area contributed by atoms with Crippen LogP contribution in [0.15, 0.2) is 40.1 Å². The summed E-state index contributed by atoms with van der Waals surface area (Å²) in [6.45, 7) is 1.75. The number of aromatic amines is 1. The average Bonchev–Trinajstić information content (AvgIpc) is 2.36. The van der Waals surface area contributed by atoms with Crippen molar-refractivity contribution in [2.24, 2.45) is 0 Å². The van der Waals surface area contributed by atoms with Crippen LogP contribution in [0.25, 0.3) is 0 Å². The molecule has 5 nitrogen and oxygen atoms in total. The molecule has 2 rings (SSSR count). The maximum atomic E-state index is 12.0. The van der Waals surface area contributed by atoms with E-state index in [1.807, 2.05) is 24.0 Å². The monoisotopic (exact) mass is 278 g/mol. The first-order valence-electron chi connectivity index (χ1n) is 5.56. The molecule has 0 bridgehead atoms. The zero-order valence-corrected chi connectivity index (χ0v) is 10.9. The number of rotatable bonds is 3. The first-order chi connectivity index (χ1) is 8.97. The summed E-state index contributed by atoms with van der Waals surface area (Å²) in [7, 11) is 0. The third-order valence-corrected chi connectivity index (χ3v) is 2.92. The van der Waals surface area contributed by atoms with Gasteiger partial charge in [-0.2, -0.15) is 0 Å². The predicted molar refractivity (Wildman–Crippen MR) is 71.8 cm³/mol. The van der Waals surface area contributed by atoms with Crippen LogP contribution in [-0.2, 0) is 6.54 Å². The first kappa shape index (κ1) is 13.3. The van der Waals surface area contributed by atoms with Crippen LogP contribution in [0.1, 0.15) is 15.9 Å². The van der Waals surface area contributed by atoms with Crippen LogP contribution in [0.2, 0.25) is 5.02 Å². The summed E-state index contributed by atoms with van der Waals surface area (Å²) >= 11 is 5.62. The second-order valence-electron chi connectivity index (χ2n) is 4.15. The summed E-state index contributed by atoms with van der Waals surface area (Å²) in [5, 5.41) is -0.128. The Labute approximate surface area is 113 Å². The van der Waals surface area contributed by atoms with Crippen molar-refractivity contribution in [3.05, 3.63) is 67.4 Å². The molecule has 2 aromatic rings. The van der Waals surface area contributed by atoms with Gasteiger partial charge in [0.1, 0.15) is 5.02 Å². The number of H-pyrrole nitrogens is 1. The summed E-state index contributed by atoms with van der Waals surface area (Å²) < 4.78 is 1.08. The number of nitrogens with zero attached hydrogens (tertiary/aromatic N) is 1. The second kappa shape index (κ2) is 5.24. The number of Topliss-reactive ketones (excluding diaryl/α,β-unsaturated/α-hetero) is 1. The van der Waals surface area contributed by atoms with E-state index in [0.29, 0.717) is 5.56 Å². The number of hydrogen-bond acceptors (Lipinski definition) is 3. The van der Waals surface area contributed by atoms with Gasteiger partial charge in [-0.3, -0.25) is 19.1 Å². The Morgan fingerprint density at radius 1 is 1.26 bits per heavy atom. The van der Waals surface area contributed by atoms with Gasteiger partial charge >= 0.3 is 5.69 Å². The molecule has 0 aliphatic heterocycles. The van der Waals surface area contributed by atoms with Crippen molar-refractivity contribution in [3.63, 3.8) is 0 Å². The van der Waals surface area contributed by atoms with E-state index in [0.717, 1.165) is 16.3 Å². The number of carbonyl (C=O) groups is 1. The van der Waals surface area contributed by atoms with E-state index < -0.39 is 11.2 Å². The third kappa shape index (κ3) is 3.00. The Balaban J connectivity index is 2.29. The molecule has 6 heteroatoms. The molecule has 1 aromatic carbocycles. The van der Waals surface area contributed by atoms with E-state index in [9.17, 15) is 14.4 Å². The summed E-state index contributed by atoms with van der Waals surface area (Å²) in [5.74, 6) is -0.231. The molecule has 1 aromatic heterocycles. The number of hydrogen-bond donors (Lipinski definition) is 1. The average molecular weight is 279 g/mol. The van der Waals surface area contributed by atoms with Crippen LogP contribution in [0.5, 0.6) is 0 Å². The minimum atomic E-state index is -0.661. The van der Waals surface area contributed by atoms with Gasteiger partial charge in [0.2, 0.25) is 0 Å². The van der Waals surface area contributed by atoms with E-state index in [2.05, 4.69) is 0 Å². The smallest absolute Gasteiger partial charge is 0.292 e. The van der Waals surface area contributed by atoms with Gasteiger partial charge in [0.25, 0.3) is 5.56 Å². The highest BCUT2D eigenvalue weighted by atomic mass is 35.5. The molecule has 0 saturated carbocycles. The van der Waals surface area contributed by atoms with Crippen molar-refractivity contribution in [1.29, 1.82) is 0 Å². The summed E-state index contributed by atoms with van der Waals surface area (Å²) in [5.41, 5.74) is 0.223. The van der Waals surface area contributed by atoms with Crippen LogP contribution < -0.4 is 11.2 Å². The Morgan fingerprint density at radius 3 is 2.53 bits per heavy atom. The quantitative estimate of drug-likeness (QED) is 0.862. The van der Waals surface area contributed by atoms with Gasteiger partial charge in [-0.05, 0) is 6.92 Å². The van der Waals surface area contributed by atoms with Crippen molar-refractivity contribution >= 4 is 17.4 Å². The number of benzene rings is 1. The Kier molecular flexibility index (Phi) is 3.66. The van der Waals surface area contributed by atoms with Crippen LogP contribution >= 0.6 is 11.6 Å². The fourth-order valence-electron chi connectivity index (χ4n) is 1.59. The molecule has 0 atom stereocenters. The standard InChI is InChI=1S/C13H11ClN2O3/c1-8-2-4-9(5-3-8)11(17)7-16-6-10(14)12(18)15-13(16)19/h2-6H,7H2,1H3,(H,15,18,19). The Morgan fingerprint density at radius 2 is 1.89 bits per heavy atom. The molecule has 0 unspecified atom stereocenters. The second-order valence-corrected chi connectivity index (χ2v) is 4.56. The molecular formula is C13H11ClN2O3. The maximum Gasteiger partial charge on any atom is 0.328 e. The molecule has 0 radical (unpaired) electrons. The molecule has 0 saturated heterocycles. The molecule has 0 fully saturated rings. The lowest BCUT2D eigenvalue weighted by atomic mass is 10.1. The molecule has 1 N–H and O–H groups in total. The highest BCUT2D eigenvalue weighted by Crippen LogP contribution is 2.05. The lowest BCUT2D eigenvalue weighted by Gasteiger charge is -2.05. The number of carbonyl (C=O) groups excluding carboxylic acids is 1. The molecule has 0 aliphatic rings. The van der Waals surface area contributed by atoms with Crippen molar-refractivity contribution in [3.8, 4) is 0 Å². The molecule has 98 valence electrons. The fraction of sp³-hybridized carbons (Fsp3) is 0.154. The first-order valence-corrected chi connectivity index (χ1v) is 5.94. The zero-order chi connectivity index (χ0) is 14.0. The van der Waals surface area contributed by atoms with Crippen LogP contribution in [0, 0.1) is 6.92 Å². The number of aromatic nitrogens is 2. The van der Waals surface area contributed by atoms with Crippen molar-refractivity contribution in [1.82, 2.24) is 9.55 Å². The molecule has 0 aliphatic carbocycles. The summed E-state index contributed by atoms with van der Waals surface area (Å²) in [6, 6.07) is 7.01. The van der Waals surface area contributed by atoms with Gasteiger partial charge in [0.05, 0.1) is 6.54 Å². The van der Waals surface area contributed by atoms with Gasteiger partial charge < -0.3 is 0 Å². The van der Waals surface area contributed by atoms with Gasteiger partial charge in [0, 0.05) is 11.8 Å². The number of ketones is 1. The predicted octanol–water partition coefficient (Wildman–Crippen LogP) is 1.38. The minimum absolute atomic E-state index is 0.128. The number of halogens is 1. The van der Waals surface area contributed by atoms with E-state index in [-0.39, 0.29) is 17.4 Å². The topological polar surface area (TPSA) is 71.9 Å². The van der Waals surface area contributed by atoms with E-state index >= 15 is 0 Å². The normalized spacial score (nSPS) is 10.4. The van der Waals surface area contributed by atoms with Crippen molar-refractivity contribution in [2.45, 2.75) is 13.5 Å². The van der Waals surface area contributed by atoms with Crippen molar-refractivity contribution in [2.75, 3.05) is 0 Å². The number of nitrogens with one attached hydrogen (secondary N) is 1. The summed E-state index contributed by atoms with van der Waals surface area (Å²) in [4.78, 5) is 36.6. The SMILES string of the molecule is Cc1ccc(C(=O)Cn2cc(Cl)c(=O)[nH]c2=O)cc1. The van der Waals surface area contributed by atoms with Crippen molar-refractivity contribution < 1.29 is 4.79 Å². The van der Waals surface area contributed by atoms with Gasteiger partial charge in [0.15, 0.2) is 5.78 Å². The van der Waals surface area contributed by atoms with Crippen LogP contribution in [-0.4, -0.2) is 15.3 Å². The largest absolute Gasteiger partial charge is 0.328 e. The lowest BCUT2D eigenvalue weighted by Crippen LogP contribution is -2.31. The van der Waals surface area contributed by atoms with E-state index in [1.54, 1.807) is 12.1 Å². The molecule has 19 heavy (non-hydrogen) atoms. The lowest BCUT2D eigenvalue weighted by molar-refractivity contribution is 0.0970. The van der Waals surface area contributed by atoms with E-state index in [1.165, 1.54) is 0 Å². The Hall–Kier alpha value is -2.14. The van der Waals surface area contributed by atoms with E-state index in [4.69, 9.17) is 11.6 Å². The third-order valence-electron chi connectivity index (χ3n) is 2.65. The highest BCUT2D eigenvalue weighted by molar-refractivity contribution is 6.30. The highest BCUT2D eigenvalue weighted by Gasteiger charge is 2.09. The Bertz CT molecular complexity index is 729. The van der Waals surface area contributed by atoms with Gasteiger partial charge in [-0.15, -0.1) is 0 Å². The zero-order valence-electron chi connectivity index (χ0n) is 10.1. The fourth-order valence-corrected chi connectivity index (χ4v) is 1.75. The molecular weight excluding hydrogens is 268 g/mol. The number of aryl methyl sites for hydroxylation is 1. The molecule has 0 spiro atoms. The van der Waals surface area contributed by atoms with Gasteiger partial charge in [-0.25, -0.2) is 4.79 Å². The minimum Gasteiger partial charge on any atom is -0.292 e. The van der Waals surface area contributed by atoms with Crippen LogP contribution in [0.4, 0.5) is 0 Å².